The number of aromatic nitrogens is 3. The highest BCUT2D eigenvalue weighted by molar-refractivity contribution is 7.17. The number of thiazole rings is 1. The molecule has 0 bridgehead atoms. The molecule has 1 aromatic carbocycles. The second kappa shape index (κ2) is 6.16. The maximum Gasteiger partial charge on any atom is 0.235 e. The van der Waals surface area contributed by atoms with Crippen LogP contribution in [0.3, 0.4) is 0 Å². The molecule has 1 atom stereocenters. The maximum atomic E-state index is 10.7. The van der Waals surface area contributed by atoms with Gasteiger partial charge in [0.15, 0.2) is 6.04 Å². The largest absolute Gasteiger partial charge is 0.492 e. The van der Waals surface area contributed by atoms with Crippen molar-refractivity contribution in [3.05, 3.63) is 46.1 Å². The quantitative estimate of drug-likeness (QED) is 0.747. The summed E-state index contributed by atoms with van der Waals surface area (Å²) in [6, 6.07) is 8.63. The third-order valence-electron chi connectivity index (χ3n) is 4.52. The van der Waals surface area contributed by atoms with Gasteiger partial charge in [0.05, 0.1) is 13.2 Å². The van der Waals surface area contributed by atoms with Crippen molar-refractivity contribution in [3.63, 3.8) is 0 Å². The van der Waals surface area contributed by atoms with E-state index in [1.165, 1.54) is 27.4 Å². The molecule has 3 aromatic rings. The number of nitrogens with one attached hydrogen (secondary N) is 1. The number of ether oxygens (including phenoxy) is 1. The van der Waals surface area contributed by atoms with Gasteiger partial charge in [-0.1, -0.05) is 41.2 Å². The van der Waals surface area contributed by atoms with Gasteiger partial charge in [0, 0.05) is 5.56 Å². The molecule has 7 heteroatoms. The molecular formula is C17H21N4O2S+. The minimum Gasteiger partial charge on any atom is -0.492 e. The van der Waals surface area contributed by atoms with Gasteiger partial charge in [0.2, 0.25) is 10.8 Å². The average molecular weight is 345 g/mol. The third-order valence-corrected chi connectivity index (χ3v) is 5.61. The minimum atomic E-state index is 0.0725. The van der Waals surface area contributed by atoms with Gasteiger partial charge in [0.25, 0.3) is 0 Å². The highest BCUT2D eigenvalue weighted by atomic mass is 32.1. The van der Waals surface area contributed by atoms with E-state index in [2.05, 4.69) is 41.3 Å². The van der Waals surface area contributed by atoms with E-state index in [4.69, 9.17) is 4.74 Å². The number of nitrogens with zero attached hydrogens (tertiary/aromatic N) is 3. The number of quaternary nitrogens is 1. The van der Waals surface area contributed by atoms with Gasteiger partial charge < -0.3 is 14.7 Å². The number of rotatable bonds is 3. The maximum absolute atomic E-state index is 10.7. The van der Waals surface area contributed by atoms with Gasteiger partial charge in [-0.05, 0) is 13.8 Å². The lowest BCUT2D eigenvalue weighted by molar-refractivity contribution is -0.932. The Kier molecular flexibility index (Phi) is 3.99. The number of aryl methyl sites for hydroxylation is 2. The van der Waals surface area contributed by atoms with E-state index in [1.54, 1.807) is 4.52 Å². The van der Waals surface area contributed by atoms with Gasteiger partial charge in [-0.2, -0.15) is 4.52 Å². The first kappa shape index (κ1) is 15.6. The van der Waals surface area contributed by atoms with Crippen molar-refractivity contribution in [3.8, 4) is 5.88 Å². The zero-order chi connectivity index (χ0) is 16.7. The Morgan fingerprint density at radius 3 is 2.58 bits per heavy atom. The van der Waals surface area contributed by atoms with Crippen molar-refractivity contribution in [1.82, 2.24) is 14.6 Å². The summed E-state index contributed by atoms with van der Waals surface area (Å²) in [4.78, 5) is 7.47. The minimum absolute atomic E-state index is 0.0725. The van der Waals surface area contributed by atoms with Crippen LogP contribution in [0.1, 0.15) is 27.9 Å². The molecule has 2 N–H and O–H groups in total. The fourth-order valence-corrected chi connectivity index (χ4v) is 4.48. The predicted molar refractivity (Wildman–Crippen MR) is 91.8 cm³/mol. The molecule has 1 aliphatic heterocycles. The molecule has 6 nitrogen and oxygen atoms in total. The molecule has 1 aliphatic rings. The zero-order valence-corrected chi connectivity index (χ0v) is 14.6. The number of benzene rings is 1. The number of morpholine rings is 1. The second-order valence-corrected chi connectivity index (χ2v) is 7.27. The predicted octanol–water partition coefficient (Wildman–Crippen LogP) is 1.12. The summed E-state index contributed by atoms with van der Waals surface area (Å²) in [5.41, 5.74) is 2.44. The number of fused-ring (bicyclic) bond motifs is 1. The van der Waals surface area contributed by atoms with Crippen LogP contribution in [0.25, 0.3) is 4.96 Å². The number of hydrogen-bond acceptors (Lipinski definition) is 5. The van der Waals surface area contributed by atoms with E-state index in [-0.39, 0.29) is 11.9 Å². The Hall–Kier alpha value is -1.96. The van der Waals surface area contributed by atoms with Crippen molar-refractivity contribution in [2.45, 2.75) is 19.9 Å². The third kappa shape index (κ3) is 2.68. The van der Waals surface area contributed by atoms with E-state index >= 15 is 0 Å². The van der Waals surface area contributed by atoms with E-state index < -0.39 is 0 Å². The molecule has 126 valence electrons. The Morgan fingerprint density at radius 1 is 1.21 bits per heavy atom. The van der Waals surface area contributed by atoms with Crippen LogP contribution in [0.2, 0.25) is 0 Å². The zero-order valence-electron chi connectivity index (χ0n) is 13.8. The smallest absolute Gasteiger partial charge is 0.235 e. The van der Waals surface area contributed by atoms with E-state index in [0.717, 1.165) is 36.1 Å². The molecule has 1 saturated heterocycles. The number of hydrogen-bond donors (Lipinski definition) is 2. The van der Waals surface area contributed by atoms with Crippen LogP contribution >= 0.6 is 11.3 Å². The fraction of sp³-hybridized carbons (Fsp3) is 0.412. The van der Waals surface area contributed by atoms with E-state index in [9.17, 15) is 5.11 Å². The molecular weight excluding hydrogens is 324 g/mol. The topological polar surface area (TPSA) is 64.1 Å². The van der Waals surface area contributed by atoms with Crippen molar-refractivity contribution < 1.29 is 14.7 Å². The first-order valence-corrected chi connectivity index (χ1v) is 8.99. The summed E-state index contributed by atoms with van der Waals surface area (Å²) in [7, 11) is 0. The van der Waals surface area contributed by atoms with Crippen LogP contribution in [0.5, 0.6) is 5.88 Å². The first-order valence-electron chi connectivity index (χ1n) is 8.17. The Bertz CT molecular complexity index is 849. The summed E-state index contributed by atoms with van der Waals surface area (Å²) < 4.78 is 7.07. The molecule has 24 heavy (non-hydrogen) atoms. The first-order chi connectivity index (χ1) is 11.6. The van der Waals surface area contributed by atoms with Crippen LogP contribution in [0, 0.1) is 13.8 Å². The molecule has 4 rings (SSSR count). The Balaban J connectivity index is 1.82. The van der Waals surface area contributed by atoms with Crippen molar-refractivity contribution in [2.75, 3.05) is 26.3 Å². The van der Waals surface area contributed by atoms with Crippen LogP contribution < -0.4 is 4.90 Å². The molecule has 2 aromatic heterocycles. The molecule has 0 saturated carbocycles. The summed E-state index contributed by atoms with van der Waals surface area (Å²) in [5, 5.41) is 15.0. The summed E-state index contributed by atoms with van der Waals surface area (Å²) in [5.74, 6) is 0.883. The average Bonchev–Trinajstić information content (AvgIpc) is 3.09. The van der Waals surface area contributed by atoms with Gasteiger partial charge in [-0.3, -0.25) is 0 Å². The second-order valence-electron chi connectivity index (χ2n) is 6.26. The van der Waals surface area contributed by atoms with Crippen LogP contribution in [0.15, 0.2) is 24.3 Å². The van der Waals surface area contributed by atoms with E-state index in [0.29, 0.717) is 5.82 Å². The molecule has 0 amide bonds. The lowest BCUT2D eigenvalue weighted by Crippen LogP contribution is -3.14. The van der Waals surface area contributed by atoms with Crippen molar-refractivity contribution in [2.24, 2.45) is 0 Å². The van der Waals surface area contributed by atoms with Gasteiger partial charge >= 0.3 is 0 Å². The highest BCUT2D eigenvalue weighted by Gasteiger charge is 2.33. The summed E-state index contributed by atoms with van der Waals surface area (Å²) in [6.45, 7) is 7.26. The van der Waals surface area contributed by atoms with Crippen molar-refractivity contribution >= 4 is 16.3 Å². The summed E-state index contributed by atoms with van der Waals surface area (Å²) in [6.07, 6.45) is 0. The standard InChI is InChI=1S/C17H20N4O2S/c1-11-3-5-13(6-4-11)14(20-7-9-23-10-8-20)15-16(22)21-17(24-15)18-12(2)19-21/h3-6,14,22H,7-10H2,1-2H3/p+1/t14-/m1/s1. The van der Waals surface area contributed by atoms with Gasteiger partial charge in [-0.15, -0.1) is 5.10 Å². The summed E-state index contributed by atoms with van der Waals surface area (Å²) >= 11 is 1.52. The Labute approximate surface area is 144 Å². The van der Waals surface area contributed by atoms with Crippen LogP contribution in [-0.2, 0) is 4.74 Å². The molecule has 3 heterocycles. The molecule has 1 fully saturated rings. The normalized spacial score (nSPS) is 17.4. The van der Waals surface area contributed by atoms with E-state index in [1.807, 2.05) is 6.92 Å². The monoisotopic (exact) mass is 345 g/mol. The SMILES string of the molecule is Cc1ccc([C@H](c2sc3nc(C)nn3c2O)[NH+]2CCOCC2)cc1. The van der Waals surface area contributed by atoms with Crippen molar-refractivity contribution in [1.29, 1.82) is 0 Å². The fourth-order valence-electron chi connectivity index (χ4n) is 3.29. The highest BCUT2D eigenvalue weighted by Crippen LogP contribution is 2.35. The number of aromatic hydroxyl groups is 1. The van der Waals surface area contributed by atoms with Gasteiger partial charge in [0.1, 0.15) is 23.8 Å². The lowest BCUT2D eigenvalue weighted by atomic mass is 10.0. The molecule has 0 radical (unpaired) electrons. The molecule has 0 aliphatic carbocycles. The lowest BCUT2D eigenvalue weighted by Gasteiger charge is -2.31. The molecule has 0 unspecified atom stereocenters. The van der Waals surface area contributed by atoms with Crippen LogP contribution in [-0.4, -0.2) is 46.0 Å². The Morgan fingerprint density at radius 2 is 1.92 bits per heavy atom. The van der Waals surface area contributed by atoms with Crippen LogP contribution in [0.4, 0.5) is 0 Å². The molecule has 0 spiro atoms. The van der Waals surface area contributed by atoms with Gasteiger partial charge in [-0.25, -0.2) is 4.98 Å².